The first kappa shape index (κ1) is 23.6. The summed E-state index contributed by atoms with van der Waals surface area (Å²) in [7, 11) is 0. The highest BCUT2D eigenvalue weighted by Crippen LogP contribution is 2.12. The molecule has 0 aliphatic rings. The van der Waals surface area contributed by atoms with Crippen LogP contribution in [-0.2, 0) is 14.3 Å². The van der Waals surface area contributed by atoms with Gasteiger partial charge in [0.25, 0.3) is 0 Å². The van der Waals surface area contributed by atoms with Crippen molar-refractivity contribution in [3.05, 3.63) is 12.2 Å². The van der Waals surface area contributed by atoms with Crippen LogP contribution in [0, 0.1) is 0 Å². The minimum Gasteiger partial charge on any atom is -0.479 e. The molecule has 0 aromatic heterocycles. The van der Waals surface area contributed by atoms with Gasteiger partial charge in [0.1, 0.15) is 0 Å². The van der Waals surface area contributed by atoms with E-state index in [-0.39, 0.29) is 6.10 Å². The molecule has 0 aliphatic heterocycles. The zero-order chi connectivity index (χ0) is 18.9. The van der Waals surface area contributed by atoms with Crippen LogP contribution < -0.4 is 0 Å². The van der Waals surface area contributed by atoms with Crippen molar-refractivity contribution in [2.45, 2.75) is 103 Å². The van der Waals surface area contributed by atoms with Gasteiger partial charge in [0.15, 0.2) is 6.10 Å². The molecule has 0 heterocycles. The van der Waals surface area contributed by atoms with Crippen molar-refractivity contribution in [3.8, 4) is 0 Å². The van der Waals surface area contributed by atoms with E-state index in [0.717, 1.165) is 51.4 Å². The zero-order valence-electron chi connectivity index (χ0n) is 15.9. The van der Waals surface area contributed by atoms with Crippen LogP contribution in [0.5, 0.6) is 0 Å². The third-order valence-corrected chi connectivity index (χ3v) is 4.14. The number of carboxylic acid groups (broad SMARTS) is 1. The maximum absolute atomic E-state index is 10.9. The summed E-state index contributed by atoms with van der Waals surface area (Å²) in [5.74, 6) is -1.63. The quantitative estimate of drug-likeness (QED) is 0.239. The fourth-order valence-electron chi connectivity index (χ4n) is 2.67. The van der Waals surface area contributed by atoms with Crippen LogP contribution in [0.15, 0.2) is 12.2 Å². The number of hydrogen-bond donors (Lipinski definition) is 2. The second kappa shape index (κ2) is 16.1. The van der Waals surface area contributed by atoms with Crippen molar-refractivity contribution in [1.82, 2.24) is 0 Å². The molecular formula is C20H36O5. The molecule has 25 heavy (non-hydrogen) atoms. The molecule has 2 N–H and O–H groups in total. The number of carbonyl (C=O) groups is 2. The fraction of sp³-hybridized carbons (Fsp3) is 0.800. The smallest absolute Gasteiger partial charge is 0.345 e. The summed E-state index contributed by atoms with van der Waals surface area (Å²) >= 11 is 0. The van der Waals surface area contributed by atoms with E-state index in [1.807, 2.05) is 0 Å². The zero-order valence-corrected chi connectivity index (χ0v) is 15.9. The minimum atomic E-state index is -1.08. The Morgan fingerprint density at radius 3 is 2.24 bits per heavy atom. The van der Waals surface area contributed by atoms with Gasteiger partial charge in [-0.2, -0.15) is 0 Å². The predicted molar refractivity (Wildman–Crippen MR) is 99.4 cm³/mol. The second-order valence-electron chi connectivity index (χ2n) is 6.64. The lowest BCUT2D eigenvalue weighted by Gasteiger charge is -2.11. The van der Waals surface area contributed by atoms with Gasteiger partial charge in [-0.3, -0.25) is 4.79 Å². The standard InChI is InChI=1S/C20H36O5/c1-3-4-5-11-14-18(22)15-12-9-7-6-8-10-13-16-19(20(23)24)25-17(2)21/h9,12,18-19,22H,3-8,10-11,13-16H2,1-2H3,(H,23,24). The summed E-state index contributed by atoms with van der Waals surface area (Å²) in [4.78, 5) is 21.7. The first-order valence-electron chi connectivity index (χ1n) is 9.70. The lowest BCUT2D eigenvalue weighted by atomic mass is 10.1. The Balaban J connectivity index is 3.56. The number of aliphatic hydroxyl groups is 1. The molecule has 0 aromatic carbocycles. The molecule has 0 aliphatic carbocycles. The average molecular weight is 357 g/mol. The molecule has 0 rings (SSSR count). The van der Waals surface area contributed by atoms with Gasteiger partial charge in [-0.25, -0.2) is 4.79 Å². The molecular weight excluding hydrogens is 320 g/mol. The van der Waals surface area contributed by atoms with Gasteiger partial charge < -0.3 is 14.9 Å². The van der Waals surface area contributed by atoms with Crippen molar-refractivity contribution >= 4 is 11.9 Å². The van der Waals surface area contributed by atoms with Gasteiger partial charge in [-0.1, -0.05) is 57.6 Å². The molecule has 0 fully saturated rings. The van der Waals surface area contributed by atoms with Gasteiger partial charge in [0.05, 0.1) is 6.10 Å². The molecule has 0 aromatic rings. The summed E-state index contributed by atoms with van der Waals surface area (Å²) in [5, 5.41) is 18.8. The van der Waals surface area contributed by atoms with Gasteiger partial charge in [0.2, 0.25) is 0 Å². The van der Waals surface area contributed by atoms with E-state index in [1.54, 1.807) is 0 Å². The molecule has 0 radical (unpaired) electrons. The van der Waals surface area contributed by atoms with E-state index in [0.29, 0.717) is 6.42 Å². The Hall–Kier alpha value is -1.36. The van der Waals surface area contributed by atoms with E-state index in [9.17, 15) is 14.7 Å². The summed E-state index contributed by atoms with van der Waals surface area (Å²) in [5.41, 5.74) is 0. The van der Waals surface area contributed by atoms with Crippen molar-refractivity contribution in [2.24, 2.45) is 0 Å². The van der Waals surface area contributed by atoms with Crippen LogP contribution in [0.25, 0.3) is 0 Å². The number of unbranched alkanes of at least 4 members (excludes halogenated alkanes) is 7. The van der Waals surface area contributed by atoms with Crippen LogP contribution in [0.1, 0.15) is 90.9 Å². The first-order valence-corrected chi connectivity index (χ1v) is 9.70. The van der Waals surface area contributed by atoms with E-state index in [4.69, 9.17) is 9.84 Å². The van der Waals surface area contributed by atoms with Crippen LogP contribution in [0.4, 0.5) is 0 Å². The van der Waals surface area contributed by atoms with Gasteiger partial charge >= 0.3 is 11.9 Å². The lowest BCUT2D eigenvalue weighted by molar-refractivity contribution is -0.163. The number of hydrogen-bond acceptors (Lipinski definition) is 4. The average Bonchev–Trinajstić information content (AvgIpc) is 2.55. The SMILES string of the molecule is CCCCCCC(O)CC=CCCCCCCC(OC(C)=O)C(=O)O. The molecule has 5 nitrogen and oxygen atoms in total. The third kappa shape index (κ3) is 15.9. The van der Waals surface area contributed by atoms with Gasteiger partial charge in [0, 0.05) is 6.92 Å². The van der Waals surface area contributed by atoms with E-state index in [2.05, 4.69) is 19.1 Å². The van der Waals surface area contributed by atoms with E-state index >= 15 is 0 Å². The topological polar surface area (TPSA) is 83.8 Å². The molecule has 0 saturated heterocycles. The summed E-state index contributed by atoms with van der Waals surface area (Å²) in [6.45, 7) is 3.41. The maximum atomic E-state index is 10.9. The third-order valence-electron chi connectivity index (χ3n) is 4.14. The van der Waals surface area contributed by atoms with Crippen LogP contribution in [0.2, 0.25) is 0 Å². The number of allylic oxidation sites excluding steroid dienone is 1. The number of aliphatic carboxylic acids is 1. The van der Waals surface area contributed by atoms with E-state index < -0.39 is 18.0 Å². The monoisotopic (exact) mass is 356 g/mol. The van der Waals surface area contributed by atoms with Crippen molar-refractivity contribution in [2.75, 3.05) is 0 Å². The molecule has 146 valence electrons. The van der Waals surface area contributed by atoms with Gasteiger partial charge in [-0.05, 0) is 38.5 Å². The molecule has 0 amide bonds. The van der Waals surface area contributed by atoms with E-state index in [1.165, 1.54) is 26.2 Å². The lowest BCUT2D eigenvalue weighted by Crippen LogP contribution is -2.25. The molecule has 2 atom stereocenters. The molecule has 0 saturated carbocycles. The number of aliphatic hydroxyl groups excluding tert-OH is 1. The highest BCUT2D eigenvalue weighted by molar-refractivity contribution is 5.76. The molecule has 2 unspecified atom stereocenters. The number of carbonyl (C=O) groups excluding carboxylic acids is 1. The van der Waals surface area contributed by atoms with Crippen LogP contribution in [0.3, 0.4) is 0 Å². The number of ether oxygens (including phenoxy) is 1. The number of rotatable bonds is 16. The first-order chi connectivity index (χ1) is 12.0. The van der Waals surface area contributed by atoms with Crippen molar-refractivity contribution < 1.29 is 24.5 Å². The highest BCUT2D eigenvalue weighted by atomic mass is 16.6. The minimum absolute atomic E-state index is 0.220. The Morgan fingerprint density at radius 1 is 0.960 bits per heavy atom. The number of esters is 1. The maximum Gasteiger partial charge on any atom is 0.345 e. The fourth-order valence-corrected chi connectivity index (χ4v) is 2.67. The Labute approximate surface area is 152 Å². The van der Waals surface area contributed by atoms with Crippen LogP contribution in [-0.4, -0.2) is 34.4 Å². The summed E-state index contributed by atoms with van der Waals surface area (Å²) in [6.07, 6.45) is 14.4. The largest absolute Gasteiger partial charge is 0.479 e. The summed E-state index contributed by atoms with van der Waals surface area (Å²) in [6, 6.07) is 0. The van der Waals surface area contributed by atoms with Gasteiger partial charge in [-0.15, -0.1) is 0 Å². The second-order valence-corrected chi connectivity index (χ2v) is 6.64. The molecule has 0 bridgehead atoms. The van der Waals surface area contributed by atoms with Crippen LogP contribution >= 0.6 is 0 Å². The normalized spacial score (nSPS) is 13.7. The Morgan fingerprint density at radius 2 is 1.60 bits per heavy atom. The van der Waals surface area contributed by atoms with Crippen molar-refractivity contribution in [1.29, 1.82) is 0 Å². The predicted octanol–water partition coefficient (Wildman–Crippen LogP) is 4.62. The molecule has 5 heteroatoms. The highest BCUT2D eigenvalue weighted by Gasteiger charge is 2.19. The Kier molecular flexibility index (Phi) is 15.2. The number of carboxylic acids is 1. The van der Waals surface area contributed by atoms with Crippen molar-refractivity contribution in [3.63, 3.8) is 0 Å². The molecule has 0 spiro atoms. The Bertz CT molecular complexity index is 378. The summed E-state index contributed by atoms with van der Waals surface area (Å²) < 4.78 is 4.76.